The van der Waals surface area contributed by atoms with Crippen LogP contribution in [0.15, 0.2) is 52.3 Å². The molecule has 4 rings (SSSR count). The molecule has 0 aromatic heterocycles. The highest BCUT2D eigenvalue weighted by molar-refractivity contribution is 7.99. The molecular weight excluding hydrogens is 614 g/mol. The van der Waals surface area contributed by atoms with E-state index in [-0.39, 0.29) is 24.0 Å². The molecule has 3 N–H and O–H groups in total. The van der Waals surface area contributed by atoms with Gasteiger partial charge in [0.25, 0.3) is 0 Å². The van der Waals surface area contributed by atoms with Crippen molar-refractivity contribution in [2.24, 2.45) is 11.8 Å². The van der Waals surface area contributed by atoms with Gasteiger partial charge < -0.3 is 20.4 Å². The summed E-state index contributed by atoms with van der Waals surface area (Å²) in [5.41, 5.74) is -4.11. The van der Waals surface area contributed by atoms with Crippen molar-refractivity contribution in [2.75, 3.05) is 18.4 Å². The molecule has 2 aliphatic rings. The molecule has 1 saturated carbocycles. The van der Waals surface area contributed by atoms with E-state index in [1.165, 1.54) is 12.1 Å². The number of rotatable bonds is 8. The lowest BCUT2D eigenvalue weighted by atomic mass is 9.86. The van der Waals surface area contributed by atoms with Crippen LogP contribution < -0.4 is 5.32 Å². The van der Waals surface area contributed by atoms with Gasteiger partial charge in [-0.05, 0) is 74.4 Å². The predicted octanol–water partition coefficient (Wildman–Crippen LogP) is 7.27. The van der Waals surface area contributed by atoms with Gasteiger partial charge in [0.15, 0.2) is 0 Å². The maximum atomic E-state index is 14.3. The molecule has 1 atom stereocenters. The van der Waals surface area contributed by atoms with Crippen molar-refractivity contribution in [1.29, 1.82) is 0 Å². The first-order valence-corrected chi connectivity index (χ1v) is 14.7. The van der Waals surface area contributed by atoms with Gasteiger partial charge in [-0.3, -0.25) is 14.4 Å². The zero-order valence-corrected chi connectivity index (χ0v) is 24.1. The highest BCUT2D eigenvalue weighted by Gasteiger charge is 2.46. The SMILES string of the molecule is O=C(O)C1CCC(Nc2cccc(Sc3ccc(/C=C/C(=O)N4CCCC(C(=O)O)C4)c(C(F)(F)F)c3C(F)(F)F)c2)CC1. The van der Waals surface area contributed by atoms with Crippen molar-refractivity contribution in [3.8, 4) is 0 Å². The zero-order valence-electron chi connectivity index (χ0n) is 23.3. The first-order valence-electron chi connectivity index (χ1n) is 13.9. The lowest BCUT2D eigenvalue weighted by Gasteiger charge is -2.29. The number of carboxylic acid groups (broad SMARTS) is 2. The summed E-state index contributed by atoms with van der Waals surface area (Å²) in [6.07, 6.45) is -6.56. The van der Waals surface area contributed by atoms with E-state index in [4.69, 9.17) is 0 Å². The third-order valence-corrected chi connectivity index (χ3v) is 8.81. The lowest BCUT2D eigenvalue weighted by Crippen LogP contribution is -2.41. The van der Waals surface area contributed by atoms with Crippen molar-refractivity contribution < 1.29 is 50.9 Å². The second-order valence-corrected chi connectivity index (χ2v) is 12.0. The number of carboxylic acids is 2. The lowest BCUT2D eigenvalue weighted by molar-refractivity contribution is -0.163. The summed E-state index contributed by atoms with van der Waals surface area (Å²) >= 11 is 0.518. The Labute approximate surface area is 253 Å². The molecule has 1 aliphatic carbocycles. The number of carbonyl (C=O) groups excluding carboxylic acids is 1. The van der Waals surface area contributed by atoms with E-state index < -0.39 is 63.6 Å². The topological polar surface area (TPSA) is 107 Å². The van der Waals surface area contributed by atoms with Gasteiger partial charge in [-0.2, -0.15) is 26.3 Å². The van der Waals surface area contributed by atoms with Crippen molar-refractivity contribution in [1.82, 2.24) is 4.90 Å². The van der Waals surface area contributed by atoms with E-state index in [9.17, 15) is 50.9 Å². The van der Waals surface area contributed by atoms with Gasteiger partial charge in [-0.1, -0.05) is 23.9 Å². The number of alkyl halides is 6. The maximum Gasteiger partial charge on any atom is 0.418 e. The quantitative estimate of drug-likeness (QED) is 0.205. The molecule has 1 amide bonds. The van der Waals surface area contributed by atoms with Crippen LogP contribution in [-0.2, 0) is 26.7 Å². The van der Waals surface area contributed by atoms with E-state index in [1.54, 1.807) is 12.1 Å². The molecular formula is C30H30F6N2O5S. The van der Waals surface area contributed by atoms with E-state index in [2.05, 4.69) is 5.32 Å². The van der Waals surface area contributed by atoms with Gasteiger partial charge in [-0.25, -0.2) is 0 Å². The highest BCUT2D eigenvalue weighted by atomic mass is 32.2. The number of amides is 1. The molecule has 44 heavy (non-hydrogen) atoms. The molecule has 0 radical (unpaired) electrons. The Morgan fingerprint density at radius 1 is 0.864 bits per heavy atom. The van der Waals surface area contributed by atoms with Crippen LogP contribution in [0.3, 0.4) is 0 Å². The van der Waals surface area contributed by atoms with Crippen LogP contribution in [0.25, 0.3) is 6.08 Å². The van der Waals surface area contributed by atoms with Crippen molar-refractivity contribution in [3.63, 3.8) is 0 Å². The largest absolute Gasteiger partial charge is 0.481 e. The van der Waals surface area contributed by atoms with Crippen LogP contribution in [0.2, 0.25) is 0 Å². The Bertz CT molecular complexity index is 1420. The summed E-state index contributed by atoms with van der Waals surface area (Å²) in [5, 5.41) is 21.6. The minimum absolute atomic E-state index is 0.0536. The molecule has 0 spiro atoms. The normalized spacial score (nSPS) is 21.3. The summed E-state index contributed by atoms with van der Waals surface area (Å²) in [5.74, 6) is -4.02. The van der Waals surface area contributed by atoms with Crippen LogP contribution in [0.5, 0.6) is 0 Å². The monoisotopic (exact) mass is 644 g/mol. The summed E-state index contributed by atoms with van der Waals surface area (Å²) < 4.78 is 85.5. The Morgan fingerprint density at radius 3 is 2.14 bits per heavy atom. The fraction of sp³-hybridized carbons (Fsp3) is 0.433. The second-order valence-electron chi connectivity index (χ2n) is 10.9. The Morgan fingerprint density at radius 2 is 1.52 bits per heavy atom. The summed E-state index contributed by atoms with van der Waals surface area (Å²) in [6, 6.07) is 7.98. The fourth-order valence-corrected chi connectivity index (χ4v) is 6.59. The van der Waals surface area contributed by atoms with Gasteiger partial charge in [0.05, 0.1) is 23.0 Å². The average molecular weight is 645 g/mol. The number of nitrogens with zero attached hydrogens (tertiary/aromatic N) is 1. The number of hydrogen-bond acceptors (Lipinski definition) is 5. The standard InChI is InChI=1S/C30H30F6N2O5S/c31-29(32,33)25-17(9-13-24(39)38-14-2-3-19(16-38)28(42)43)8-12-23(26(25)30(34,35)36)44-22-5-1-4-21(15-22)37-20-10-6-18(7-11-20)27(40)41/h1,4-5,8-9,12-13,15,18-20,37H,2-3,6-7,10-11,14,16H2,(H,40,41)(H,42,43)/b13-9+. The third-order valence-electron chi connectivity index (χ3n) is 7.76. The van der Waals surface area contributed by atoms with Gasteiger partial charge in [0.1, 0.15) is 0 Å². The number of hydrogen-bond donors (Lipinski definition) is 3. The first kappa shape index (κ1) is 33.2. The first-order chi connectivity index (χ1) is 20.6. The molecule has 1 saturated heterocycles. The van der Waals surface area contributed by atoms with E-state index in [1.807, 2.05) is 0 Å². The van der Waals surface area contributed by atoms with Gasteiger partial charge in [0.2, 0.25) is 5.91 Å². The molecule has 2 aromatic carbocycles. The molecule has 238 valence electrons. The molecule has 0 bridgehead atoms. The average Bonchev–Trinajstić information content (AvgIpc) is 2.95. The third kappa shape index (κ3) is 8.27. The van der Waals surface area contributed by atoms with Gasteiger partial charge in [0, 0.05) is 40.7 Å². The number of aliphatic carboxylic acids is 2. The van der Waals surface area contributed by atoms with Crippen LogP contribution in [0.1, 0.15) is 55.2 Å². The van der Waals surface area contributed by atoms with Crippen LogP contribution in [0, 0.1) is 11.8 Å². The fourth-order valence-electron chi connectivity index (χ4n) is 5.55. The van der Waals surface area contributed by atoms with Crippen LogP contribution >= 0.6 is 11.8 Å². The number of halogens is 6. The van der Waals surface area contributed by atoms with Gasteiger partial charge in [-0.15, -0.1) is 0 Å². The number of likely N-dealkylation sites (tertiary alicyclic amines) is 1. The number of carbonyl (C=O) groups is 3. The van der Waals surface area contributed by atoms with Crippen molar-refractivity contribution >= 4 is 41.4 Å². The van der Waals surface area contributed by atoms with E-state index in [0.717, 1.165) is 23.1 Å². The number of anilines is 1. The molecule has 14 heteroatoms. The predicted molar refractivity (Wildman–Crippen MR) is 150 cm³/mol. The Balaban J connectivity index is 1.60. The van der Waals surface area contributed by atoms with E-state index >= 15 is 0 Å². The second kappa shape index (κ2) is 13.5. The Kier molecular flexibility index (Phi) is 10.2. The molecule has 1 unspecified atom stereocenters. The number of benzene rings is 2. The number of piperidine rings is 1. The summed E-state index contributed by atoms with van der Waals surface area (Å²) in [4.78, 5) is 35.8. The van der Waals surface area contributed by atoms with Crippen LogP contribution in [0.4, 0.5) is 32.0 Å². The molecule has 1 aliphatic heterocycles. The molecule has 2 aromatic rings. The summed E-state index contributed by atoms with van der Waals surface area (Å²) in [7, 11) is 0. The summed E-state index contributed by atoms with van der Waals surface area (Å²) in [6.45, 7) is 0.0332. The Hall–Kier alpha value is -3.68. The molecule has 1 heterocycles. The maximum absolute atomic E-state index is 14.3. The van der Waals surface area contributed by atoms with Crippen molar-refractivity contribution in [3.05, 3.63) is 59.2 Å². The smallest absolute Gasteiger partial charge is 0.418 e. The van der Waals surface area contributed by atoms with Crippen molar-refractivity contribution in [2.45, 2.75) is 66.7 Å². The van der Waals surface area contributed by atoms with Crippen LogP contribution in [-0.4, -0.2) is 52.1 Å². The van der Waals surface area contributed by atoms with Gasteiger partial charge >= 0.3 is 24.3 Å². The molecule has 2 fully saturated rings. The number of nitrogens with one attached hydrogen (secondary N) is 1. The minimum atomic E-state index is -5.41. The van der Waals surface area contributed by atoms with E-state index in [0.29, 0.717) is 62.1 Å². The molecule has 7 nitrogen and oxygen atoms in total. The highest BCUT2D eigenvalue weighted by Crippen LogP contribution is 2.48. The zero-order chi connectivity index (χ0) is 32.2. The minimum Gasteiger partial charge on any atom is -0.481 e.